The second kappa shape index (κ2) is 6.56. The van der Waals surface area contributed by atoms with E-state index in [0.29, 0.717) is 0 Å². The van der Waals surface area contributed by atoms with E-state index in [-0.39, 0.29) is 0 Å². The number of thioether (sulfide) groups is 1. The van der Waals surface area contributed by atoms with E-state index in [1.807, 2.05) is 48.9 Å². The number of rotatable bonds is 6. The summed E-state index contributed by atoms with van der Waals surface area (Å²) in [6.45, 7) is 3.50. The maximum absolute atomic E-state index is 5.31. The second-order valence-corrected chi connectivity index (χ2v) is 4.84. The van der Waals surface area contributed by atoms with Crippen LogP contribution < -0.4 is 0 Å². The van der Waals surface area contributed by atoms with Gasteiger partial charge >= 0.3 is 0 Å². The quantitative estimate of drug-likeness (QED) is 0.593. The van der Waals surface area contributed by atoms with Crippen molar-refractivity contribution in [2.75, 3.05) is 19.0 Å². The molecular formula is C13H17N3OS. The summed E-state index contributed by atoms with van der Waals surface area (Å²) in [6.07, 6.45) is 0. The molecule has 0 fully saturated rings. The minimum Gasteiger partial charge on any atom is -0.381 e. The molecule has 0 saturated heterocycles. The molecule has 96 valence electrons. The van der Waals surface area contributed by atoms with Gasteiger partial charge in [-0.2, -0.15) is 0 Å². The molecule has 0 bridgehead atoms. The maximum atomic E-state index is 5.31. The molecule has 18 heavy (non-hydrogen) atoms. The van der Waals surface area contributed by atoms with Gasteiger partial charge in [0.05, 0.1) is 6.61 Å². The standard InChI is InChI=1S/C13H17N3OS/c1-3-17-9-10-18-13-15-14-12(16(13)2)11-7-5-4-6-8-11/h4-8H,3,9-10H2,1-2H3. The number of aromatic nitrogens is 3. The van der Waals surface area contributed by atoms with Gasteiger partial charge in [0.15, 0.2) is 11.0 Å². The van der Waals surface area contributed by atoms with Crippen LogP contribution >= 0.6 is 11.8 Å². The molecular weight excluding hydrogens is 246 g/mol. The molecule has 1 aromatic heterocycles. The molecule has 4 nitrogen and oxygen atoms in total. The van der Waals surface area contributed by atoms with Crippen LogP contribution in [0.1, 0.15) is 6.92 Å². The molecule has 1 aromatic carbocycles. The van der Waals surface area contributed by atoms with E-state index < -0.39 is 0 Å². The Labute approximate surface area is 111 Å². The molecule has 0 unspecified atom stereocenters. The molecule has 5 heteroatoms. The molecule has 0 radical (unpaired) electrons. The lowest BCUT2D eigenvalue weighted by molar-refractivity contribution is 0.164. The fourth-order valence-electron chi connectivity index (χ4n) is 1.62. The third-order valence-corrected chi connectivity index (χ3v) is 3.51. The van der Waals surface area contributed by atoms with Crippen LogP contribution in [0.5, 0.6) is 0 Å². The highest BCUT2D eigenvalue weighted by molar-refractivity contribution is 7.99. The molecule has 0 aliphatic carbocycles. The van der Waals surface area contributed by atoms with E-state index in [1.54, 1.807) is 11.8 Å². The third kappa shape index (κ3) is 3.11. The van der Waals surface area contributed by atoms with Crippen LogP contribution in [0.15, 0.2) is 35.5 Å². The summed E-state index contributed by atoms with van der Waals surface area (Å²) in [5.74, 6) is 1.80. The normalized spacial score (nSPS) is 10.8. The summed E-state index contributed by atoms with van der Waals surface area (Å²) < 4.78 is 7.33. The Kier molecular flexibility index (Phi) is 4.78. The summed E-state index contributed by atoms with van der Waals surface area (Å²) in [4.78, 5) is 0. The van der Waals surface area contributed by atoms with E-state index in [1.165, 1.54) is 0 Å². The maximum Gasteiger partial charge on any atom is 0.191 e. The first-order valence-electron chi connectivity index (χ1n) is 5.98. The van der Waals surface area contributed by atoms with Gasteiger partial charge < -0.3 is 9.30 Å². The predicted molar refractivity (Wildman–Crippen MR) is 73.7 cm³/mol. The van der Waals surface area contributed by atoms with Gasteiger partial charge in [0.25, 0.3) is 0 Å². The molecule has 0 N–H and O–H groups in total. The van der Waals surface area contributed by atoms with Crippen LogP contribution in [0.25, 0.3) is 11.4 Å². The molecule has 0 saturated carbocycles. The molecule has 2 aromatic rings. The second-order valence-electron chi connectivity index (χ2n) is 3.78. The van der Waals surface area contributed by atoms with Crippen LogP contribution in [-0.2, 0) is 11.8 Å². The lowest BCUT2D eigenvalue weighted by atomic mass is 10.2. The van der Waals surface area contributed by atoms with Crippen LogP contribution in [0.3, 0.4) is 0 Å². The lowest BCUT2D eigenvalue weighted by Gasteiger charge is -2.03. The van der Waals surface area contributed by atoms with Gasteiger partial charge in [-0.1, -0.05) is 42.1 Å². The fraction of sp³-hybridized carbons (Fsp3) is 0.385. The molecule has 2 rings (SSSR count). The van der Waals surface area contributed by atoms with Gasteiger partial charge in [0, 0.05) is 25.0 Å². The topological polar surface area (TPSA) is 39.9 Å². The minimum absolute atomic E-state index is 0.745. The van der Waals surface area contributed by atoms with Gasteiger partial charge in [0.2, 0.25) is 0 Å². The fourth-order valence-corrected chi connectivity index (χ4v) is 2.38. The van der Waals surface area contributed by atoms with Crippen LogP contribution in [0.2, 0.25) is 0 Å². The van der Waals surface area contributed by atoms with Gasteiger partial charge in [-0.15, -0.1) is 10.2 Å². The van der Waals surface area contributed by atoms with Gasteiger partial charge in [-0.05, 0) is 6.92 Å². The number of nitrogens with zero attached hydrogens (tertiary/aromatic N) is 3. The summed E-state index contributed by atoms with van der Waals surface area (Å²) in [6, 6.07) is 10.1. The molecule has 0 spiro atoms. The number of ether oxygens (including phenoxy) is 1. The predicted octanol–water partition coefficient (Wildman–Crippen LogP) is 2.61. The molecule has 0 aliphatic rings. The van der Waals surface area contributed by atoms with Gasteiger partial charge in [-0.25, -0.2) is 0 Å². The Bertz CT molecular complexity index is 484. The van der Waals surface area contributed by atoms with Crippen LogP contribution in [-0.4, -0.2) is 33.7 Å². The summed E-state index contributed by atoms with van der Waals surface area (Å²) in [5, 5.41) is 9.37. The smallest absolute Gasteiger partial charge is 0.191 e. The molecule has 1 heterocycles. The summed E-state index contributed by atoms with van der Waals surface area (Å²) >= 11 is 1.67. The Morgan fingerprint density at radius 2 is 2.00 bits per heavy atom. The highest BCUT2D eigenvalue weighted by atomic mass is 32.2. The third-order valence-electron chi connectivity index (χ3n) is 2.53. The average molecular weight is 263 g/mol. The SMILES string of the molecule is CCOCCSc1nnc(-c2ccccc2)n1C. The Balaban J connectivity index is 2.05. The monoisotopic (exact) mass is 263 g/mol. The van der Waals surface area contributed by atoms with Crippen molar-refractivity contribution in [3.05, 3.63) is 30.3 Å². The van der Waals surface area contributed by atoms with Crippen molar-refractivity contribution in [2.45, 2.75) is 12.1 Å². The van der Waals surface area contributed by atoms with Crippen molar-refractivity contribution in [1.29, 1.82) is 0 Å². The first-order chi connectivity index (χ1) is 8.83. The van der Waals surface area contributed by atoms with Crippen molar-refractivity contribution in [3.63, 3.8) is 0 Å². The van der Waals surface area contributed by atoms with E-state index in [2.05, 4.69) is 10.2 Å². The summed E-state index contributed by atoms with van der Waals surface area (Å²) in [5.41, 5.74) is 1.09. The van der Waals surface area contributed by atoms with Crippen molar-refractivity contribution in [2.24, 2.45) is 7.05 Å². The largest absolute Gasteiger partial charge is 0.381 e. The zero-order chi connectivity index (χ0) is 12.8. The Morgan fingerprint density at radius 3 is 2.72 bits per heavy atom. The Hall–Kier alpha value is -1.33. The van der Waals surface area contributed by atoms with Crippen LogP contribution in [0.4, 0.5) is 0 Å². The first kappa shape index (κ1) is 13.1. The van der Waals surface area contributed by atoms with Crippen molar-refractivity contribution < 1.29 is 4.74 Å². The lowest BCUT2D eigenvalue weighted by Crippen LogP contribution is -1.99. The first-order valence-corrected chi connectivity index (χ1v) is 6.97. The van der Waals surface area contributed by atoms with Crippen molar-refractivity contribution >= 4 is 11.8 Å². The zero-order valence-electron chi connectivity index (χ0n) is 10.7. The number of hydrogen-bond donors (Lipinski definition) is 0. The minimum atomic E-state index is 0.745. The van der Waals surface area contributed by atoms with Crippen LogP contribution in [0, 0.1) is 0 Å². The van der Waals surface area contributed by atoms with Crippen molar-refractivity contribution in [3.8, 4) is 11.4 Å². The van der Waals surface area contributed by atoms with E-state index in [9.17, 15) is 0 Å². The zero-order valence-corrected chi connectivity index (χ0v) is 11.5. The highest BCUT2D eigenvalue weighted by Gasteiger charge is 2.10. The van der Waals surface area contributed by atoms with Gasteiger partial charge in [0.1, 0.15) is 0 Å². The van der Waals surface area contributed by atoms with E-state index in [4.69, 9.17) is 4.74 Å². The van der Waals surface area contributed by atoms with Crippen molar-refractivity contribution in [1.82, 2.24) is 14.8 Å². The highest BCUT2D eigenvalue weighted by Crippen LogP contribution is 2.21. The van der Waals surface area contributed by atoms with Gasteiger partial charge in [-0.3, -0.25) is 0 Å². The molecule has 0 aliphatic heterocycles. The van der Waals surface area contributed by atoms with E-state index in [0.717, 1.165) is 35.5 Å². The Morgan fingerprint density at radius 1 is 1.22 bits per heavy atom. The molecule has 0 amide bonds. The van der Waals surface area contributed by atoms with E-state index >= 15 is 0 Å². The number of benzene rings is 1. The number of hydrogen-bond acceptors (Lipinski definition) is 4. The average Bonchev–Trinajstić information content (AvgIpc) is 2.77. The summed E-state index contributed by atoms with van der Waals surface area (Å²) in [7, 11) is 1.99. The molecule has 0 atom stereocenters.